The van der Waals surface area contributed by atoms with E-state index in [1.54, 1.807) is 0 Å². The lowest BCUT2D eigenvalue weighted by Crippen LogP contribution is -2.39. The second-order valence-electron chi connectivity index (χ2n) is 5.22. The number of nitrogens with one attached hydrogen (secondary N) is 3. The molecular weight excluding hydrogens is 325 g/mol. The molecule has 0 radical (unpaired) electrons. The van der Waals surface area contributed by atoms with Gasteiger partial charge in [-0.25, -0.2) is 17.5 Å². The van der Waals surface area contributed by atoms with Crippen LogP contribution in [-0.2, 0) is 19.6 Å². The fraction of sp³-hybridized carbons (Fsp3) is 0.429. The Labute approximate surface area is 133 Å². The highest BCUT2D eigenvalue weighted by molar-refractivity contribution is 7.89. The SMILES string of the molecule is O=C(CCNS(=O)(=O)c1ccc(F)cc1)NCC(=O)NC1CC1. The van der Waals surface area contributed by atoms with Gasteiger partial charge in [0.2, 0.25) is 21.8 Å². The normalized spacial score (nSPS) is 14.3. The van der Waals surface area contributed by atoms with Crippen LogP contribution in [0.25, 0.3) is 0 Å². The van der Waals surface area contributed by atoms with E-state index in [9.17, 15) is 22.4 Å². The van der Waals surface area contributed by atoms with E-state index < -0.39 is 21.7 Å². The van der Waals surface area contributed by atoms with Gasteiger partial charge in [-0.1, -0.05) is 0 Å². The molecule has 1 saturated carbocycles. The summed E-state index contributed by atoms with van der Waals surface area (Å²) >= 11 is 0. The average molecular weight is 343 g/mol. The van der Waals surface area contributed by atoms with Gasteiger partial charge in [0.05, 0.1) is 11.4 Å². The molecule has 126 valence electrons. The molecule has 3 N–H and O–H groups in total. The van der Waals surface area contributed by atoms with Crippen LogP contribution in [0, 0.1) is 5.82 Å². The van der Waals surface area contributed by atoms with Gasteiger partial charge in [-0.2, -0.15) is 0 Å². The van der Waals surface area contributed by atoms with Crippen molar-refractivity contribution in [3.63, 3.8) is 0 Å². The number of hydrogen-bond donors (Lipinski definition) is 3. The Kier molecular flexibility index (Phi) is 5.67. The molecule has 0 unspecified atom stereocenters. The number of hydrogen-bond acceptors (Lipinski definition) is 4. The molecular formula is C14H18FN3O4S. The predicted molar refractivity (Wildman–Crippen MR) is 80.4 cm³/mol. The third-order valence-electron chi connectivity index (χ3n) is 3.16. The second kappa shape index (κ2) is 7.51. The van der Waals surface area contributed by atoms with Gasteiger partial charge in [-0.15, -0.1) is 0 Å². The van der Waals surface area contributed by atoms with E-state index in [1.165, 1.54) is 0 Å². The first-order valence-corrected chi connectivity index (χ1v) is 8.66. The molecule has 1 aliphatic carbocycles. The zero-order chi connectivity index (χ0) is 16.9. The molecule has 0 atom stereocenters. The van der Waals surface area contributed by atoms with Crippen molar-refractivity contribution in [2.45, 2.75) is 30.2 Å². The monoisotopic (exact) mass is 343 g/mol. The fourth-order valence-electron chi connectivity index (χ4n) is 1.77. The average Bonchev–Trinajstić information content (AvgIpc) is 3.29. The summed E-state index contributed by atoms with van der Waals surface area (Å²) in [6, 6.07) is 4.58. The minimum atomic E-state index is -3.79. The molecule has 9 heteroatoms. The Balaban J connectivity index is 1.69. The molecule has 23 heavy (non-hydrogen) atoms. The van der Waals surface area contributed by atoms with Crippen molar-refractivity contribution in [1.82, 2.24) is 15.4 Å². The highest BCUT2D eigenvalue weighted by Gasteiger charge is 2.23. The minimum Gasteiger partial charge on any atom is -0.352 e. The molecule has 2 rings (SSSR count). The molecule has 0 bridgehead atoms. The first-order chi connectivity index (χ1) is 10.9. The largest absolute Gasteiger partial charge is 0.352 e. The molecule has 0 aromatic heterocycles. The molecule has 1 fully saturated rings. The number of carbonyl (C=O) groups excluding carboxylic acids is 2. The van der Waals surface area contributed by atoms with Crippen molar-refractivity contribution in [1.29, 1.82) is 0 Å². The van der Waals surface area contributed by atoms with Crippen LogP contribution < -0.4 is 15.4 Å². The summed E-state index contributed by atoms with van der Waals surface area (Å²) in [4.78, 5) is 22.8. The van der Waals surface area contributed by atoms with Crippen molar-refractivity contribution < 1.29 is 22.4 Å². The van der Waals surface area contributed by atoms with Crippen LogP contribution in [0.3, 0.4) is 0 Å². The van der Waals surface area contributed by atoms with Crippen LogP contribution in [0.15, 0.2) is 29.2 Å². The Morgan fingerprint density at radius 3 is 2.39 bits per heavy atom. The second-order valence-corrected chi connectivity index (χ2v) is 6.99. The zero-order valence-corrected chi connectivity index (χ0v) is 13.2. The van der Waals surface area contributed by atoms with Gasteiger partial charge in [0.25, 0.3) is 0 Å². The van der Waals surface area contributed by atoms with E-state index in [0.29, 0.717) is 0 Å². The third kappa shape index (κ3) is 5.95. The topological polar surface area (TPSA) is 104 Å². The van der Waals surface area contributed by atoms with Gasteiger partial charge in [-0.3, -0.25) is 9.59 Å². The van der Waals surface area contributed by atoms with Crippen molar-refractivity contribution in [2.75, 3.05) is 13.1 Å². The highest BCUT2D eigenvalue weighted by atomic mass is 32.2. The van der Waals surface area contributed by atoms with Crippen LogP contribution in [0.4, 0.5) is 4.39 Å². The summed E-state index contributed by atoms with van der Waals surface area (Å²) in [7, 11) is -3.79. The maximum Gasteiger partial charge on any atom is 0.240 e. The number of amides is 2. The molecule has 2 amide bonds. The summed E-state index contributed by atoms with van der Waals surface area (Å²) in [6.07, 6.45) is 1.83. The molecule has 0 saturated heterocycles. The maximum atomic E-state index is 12.8. The molecule has 0 heterocycles. The van der Waals surface area contributed by atoms with E-state index in [2.05, 4.69) is 15.4 Å². The lowest BCUT2D eigenvalue weighted by atomic mass is 10.4. The number of carbonyl (C=O) groups is 2. The van der Waals surface area contributed by atoms with E-state index in [0.717, 1.165) is 37.1 Å². The molecule has 1 aliphatic rings. The zero-order valence-electron chi connectivity index (χ0n) is 12.3. The van der Waals surface area contributed by atoms with Gasteiger partial charge in [-0.05, 0) is 37.1 Å². The summed E-state index contributed by atoms with van der Waals surface area (Å²) in [5, 5.41) is 5.13. The quantitative estimate of drug-likeness (QED) is 0.612. The Morgan fingerprint density at radius 1 is 1.13 bits per heavy atom. The summed E-state index contributed by atoms with van der Waals surface area (Å²) in [6.45, 7) is -0.240. The van der Waals surface area contributed by atoms with Crippen LogP contribution in [-0.4, -0.2) is 39.4 Å². The number of halogens is 1. The van der Waals surface area contributed by atoms with Gasteiger partial charge < -0.3 is 10.6 Å². The first kappa shape index (κ1) is 17.4. The number of sulfonamides is 1. The maximum absolute atomic E-state index is 12.8. The highest BCUT2D eigenvalue weighted by Crippen LogP contribution is 2.18. The van der Waals surface area contributed by atoms with E-state index in [1.807, 2.05) is 0 Å². The molecule has 1 aromatic carbocycles. The number of benzene rings is 1. The standard InChI is InChI=1S/C14H18FN3O4S/c15-10-1-5-12(6-2-10)23(21,22)17-8-7-13(19)16-9-14(20)18-11-3-4-11/h1-2,5-6,11,17H,3-4,7-9H2,(H,16,19)(H,18,20). The Hall–Kier alpha value is -2.00. The van der Waals surface area contributed by atoms with Crippen LogP contribution >= 0.6 is 0 Å². The van der Waals surface area contributed by atoms with Gasteiger partial charge in [0.15, 0.2) is 0 Å². The van der Waals surface area contributed by atoms with Gasteiger partial charge in [0.1, 0.15) is 5.82 Å². The molecule has 7 nitrogen and oxygen atoms in total. The van der Waals surface area contributed by atoms with Crippen molar-refractivity contribution >= 4 is 21.8 Å². The van der Waals surface area contributed by atoms with Crippen LogP contribution in [0.2, 0.25) is 0 Å². The number of rotatable bonds is 8. The smallest absolute Gasteiger partial charge is 0.240 e. The summed E-state index contributed by atoms with van der Waals surface area (Å²) in [5.41, 5.74) is 0. The minimum absolute atomic E-state index is 0.0804. The molecule has 0 aliphatic heterocycles. The van der Waals surface area contributed by atoms with E-state index in [4.69, 9.17) is 0 Å². The van der Waals surface area contributed by atoms with E-state index in [-0.39, 0.29) is 36.4 Å². The van der Waals surface area contributed by atoms with Gasteiger partial charge in [0, 0.05) is 19.0 Å². The molecule has 0 spiro atoms. The molecule has 1 aromatic rings. The van der Waals surface area contributed by atoms with Crippen molar-refractivity contribution in [3.8, 4) is 0 Å². The lowest BCUT2D eigenvalue weighted by molar-refractivity contribution is -0.126. The lowest BCUT2D eigenvalue weighted by Gasteiger charge is -2.08. The van der Waals surface area contributed by atoms with Crippen molar-refractivity contribution in [3.05, 3.63) is 30.1 Å². The van der Waals surface area contributed by atoms with Crippen molar-refractivity contribution in [2.24, 2.45) is 0 Å². The predicted octanol–water partition coefficient (Wildman–Crippen LogP) is -0.111. The van der Waals surface area contributed by atoms with Gasteiger partial charge >= 0.3 is 0 Å². The van der Waals surface area contributed by atoms with Crippen LogP contribution in [0.5, 0.6) is 0 Å². The van der Waals surface area contributed by atoms with Crippen LogP contribution in [0.1, 0.15) is 19.3 Å². The summed E-state index contributed by atoms with van der Waals surface area (Å²) in [5.74, 6) is -1.22. The third-order valence-corrected chi connectivity index (χ3v) is 4.63. The Morgan fingerprint density at radius 2 is 1.78 bits per heavy atom. The fourth-order valence-corrected chi connectivity index (χ4v) is 2.80. The Bertz CT molecular complexity index is 672. The first-order valence-electron chi connectivity index (χ1n) is 7.18. The summed E-state index contributed by atoms with van der Waals surface area (Å²) < 4.78 is 38.8. The van der Waals surface area contributed by atoms with E-state index >= 15 is 0 Å².